The molecule has 0 saturated heterocycles. The van der Waals surface area contributed by atoms with Crippen LogP contribution in [-0.2, 0) is 0 Å². The number of anilines is 2. The number of nitro benzene ring substituents is 1. The van der Waals surface area contributed by atoms with E-state index in [4.69, 9.17) is 5.73 Å². The molecule has 0 radical (unpaired) electrons. The van der Waals surface area contributed by atoms with E-state index in [1.165, 1.54) is 25.0 Å². The van der Waals surface area contributed by atoms with Gasteiger partial charge in [-0.05, 0) is 24.8 Å². The summed E-state index contributed by atoms with van der Waals surface area (Å²) in [5, 5.41) is 14.0. The van der Waals surface area contributed by atoms with Crippen molar-refractivity contribution in [2.24, 2.45) is 5.92 Å². The van der Waals surface area contributed by atoms with Crippen LogP contribution in [-0.4, -0.2) is 11.0 Å². The molecule has 0 bridgehead atoms. The summed E-state index contributed by atoms with van der Waals surface area (Å²) in [5.41, 5.74) is 6.86. The average Bonchev–Trinajstić information content (AvgIpc) is 2.96. The molecular formula is C12H17N3O2. The van der Waals surface area contributed by atoms with Gasteiger partial charge in [-0.3, -0.25) is 10.1 Å². The minimum Gasteiger partial charge on any atom is -0.398 e. The largest absolute Gasteiger partial charge is 0.398 e. The van der Waals surface area contributed by atoms with Gasteiger partial charge in [0.2, 0.25) is 0 Å². The van der Waals surface area contributed by atoms with E-state index < -0.39 is 4.92 Å². The first-order valence-corrected chi connectivity index (χ1v) is 5.91. The summed E-state index contributed by atoms with van der Waals surface area (Å²) in [6.45, 7) is 2.17. The zero-order valence-electron chi connectivity index (χ0n) is 9.85. The number of nitrogens with two attached hydrogens (primary N) is 1. The maximum atomic E-state index is 10.7. The Morgan fingerprint density at radius 3 is 2.94 bits per heavy atom. The Bertz CT molecular complexity index is 434. The number of rotatable bonds is 5. The van der Waals surface area contributed by atoms with Gasteiger partial charge < -0.3 is 11.1 Å². The summed E-state index contributed by atoms with van der Waals surface area (Å²) in [5.74, 6) is 0.709. The zero-order chi connectivity index (χ0) is 12.4. The molecule has 5 heteroatoms. The van der Waals surface area contributed by atoms with Crippen LogP contribution in [0, 0.1) is 16.0 Å². The van der Waals surface area contributed by atoms with E-state index in [-0.39, 0.29) is 5.69 Å². The predicted molar refractivity (Wildman–Crippen MR) is 67.9 cm³/mol. The molecule has 0 heterocycles. The third-order valence-electron chi connectivity index (χ3n) is 3.09. The quantitative estimate of drug-likeness (QED) is 0.467. The van der Waals surface area contributed by atoms with Gasteiger partial charge in [0, 0.05) is 29.5 Å². The molecule has 2 unspecified atom stereocenters. The standard InChI is InChI=1S/C12H17N3O2/c1-2-3-8-4-12(8)14-10-5-9(13)6-11(7-10)15(16)17/h5-8,12,14H,2-4,13H2,1H3. The van der Waals surface area contributed by atoms with E-state index in [0.29, 0.717) is 17.6 Å². The number of hydrogen-bond acceptors (Lipinski definition) is 4. The van der Waals surface area contributed by atoms with Gasteiger partial charge in [-0.1, -0.05) is 13.3 Å². The first-order chi connectivity index (χ1) is 8.10. The zero-order valence-corrected chi connectivity index (χ0v) is 9.85. The highest BCUT2D eigenvalue weighted by Gasteiger charge is 2.35. The van der Waals surface area contributed by atoms with Crippen molar-refractivity contribution >= 4 is 17.1 Å². The molecular weight excluding hydrogens is 218 g/mol. The number of non-ortho nitro benzene ring substituents is 1. The topological polar surface area (TPSA) is 81.2 Å². The summed E-state index contributed by atoms with van der Waals surface area (Å²) in [4.78, 5) is 10.3. The summed E-state index contributed by atoms with van der Waals surface area (Å²) in [6.07, 6.45) is 3.54. The van der Waals surface area contributed by atoms with Gasteiger partial charge in [0.05, 0.1) is 4.92 Å². The second-order valence-electron chi connectivity index (χ2n) is 4.61. The molecule has 1 aromatic carbocycles. The number of nitrogens with zero attached hydrogens (tertiary/aromatic N) is 1. The Hall–Kier alpha value is -1.78. The fourth-order valence-corrected chi connectivity index (χ4v) is 2.15. The maximum absolute atomic E-state index is 10.7. The molecule has 1 aliphatic carbocycles. The Morgan fingerprint density at radius 1 is 1.53 bits per heavy atom. The van der Waals surface area contributed by atoms with Crippen LogP contribution in [0.15, 0.2) is 18.2 Å². The van der Waals surface area contributed by atoms with E-state index in [9.17, 15) is 10.1 Å². The fourth-order valence-electron chi connectivity index (χ4n) is 2.15. The number of nitrogens with one attached hydrogen (secondary N) is 1. The highest BCUT2D eigenvalue weighted by Crippen LogP contribution is 2.38. The smallest absolute Gasteiger partial charge is 0.273 e. The van der Waals surface area contributed by atoms with Crippen molar-refractivity contribution in [1.82, 2.24) is 0 Å². The van der Waals surface area contributed by atoms with E-state index in [1.807, 2.05) is 0 Å². The fraction of sp³-hybridized carbons (Fsp3) is 0.500. The summed E-state index contributed by atoms with van der Waals surface area (Å²) in [6, 6.07) is 5.12. The van der Waals surface area contributed by atoms with E-state index >= 15 is 0 Å². The van der Waals surface area contributed by atoms with Crippen LogP contribution in [0.4, 0.5) is 17.1 Å². The van der Waals surface area contributed by atoms with Gasteiger partial charge in [-0.2, -0.15) is 0 Å². The summed E-state index contributed by atoms with van der Waals surface area (Å²) >= 11 is 0. The minimum absolute atomic E-state index is 0.0418. The van der Waals surface area contributed by atoms with Gasteiger partial charge in [0.1, 0.15) is 0 Å². The molecule has 0 aliphatic heterocycles. The molecule has 1 fully saturated rings. The summed E-state index contributed by atoms with van der Waals surface area (Å²) in [7, 11) is 0. The molecule has 1 aliphatic rings. The van der Waals surface area contributed by atoms with E-state index in [2.05, 4.69) is 12.2 Å². The summed E-state index contributed by atoms with van der Waals surface area (Å²) < 4.78 is 0. The number of benzene rings is 1. The van der Waals surface area contributed by atoms with Crippen molar-refractivity contribution < 1.29 is 4.92 Å². The lowest BCUT2D eigenvalue weighted by Crippen LogP contribution is -2.05. The van der Waals surface area contributed by atoms with Crippen molar-refractivity contribution in [1.29, 1.82) is 0 Å². The van der Waals surface area contributed by atoms with Gasteiger partial charge in [-0.25, -0.2) is 0 Å². The molecule has 1 saturated carbocycles. The average molecular weight is 235 g/mol. The molecule has 0 spiro atoms. The lowest BCUT2D eigenvalue weighted by Gasteiger charge is -2.06. The Labute approximate surface area is 100 Å². The van der Waals surface area contributed by atoms with Gasteiger partial charge >= 0.3 is 0 Å². The molecule has 1 aromatic rings. The van der Waals surface area contributed by atoms with Crippen LogP contribution in [0.1, 0.15) is 26.2 Å². The lowest BCUT2D eigenvalue weighted by atomic mass is 10.2. The van der Waals surface area contributed by atoms with Crippen LogP contribution in [0.5, 0.6) is 0 Å². The molecule has 2 rings (SSSR count). The Balaban J connectivity index is 2.04. The van der Waals surface area contributed by atoms with E-state index in [0.717, 1.165) is 12.1 Å². The first kappa shape index (κ1) is 11.7. The Kier molecular flexibility index (Phi) is 3.17. The van der Waals surface area contributed by atoms with Crippen LogP contribution >= 0.6 is 0 Å². The molecule has 5 nitrogen and oxygen atoms in total. The van der Waals surface area contributed by atoms with Crippen molar-refractivity contribution in [2.45, 2.75) is 32.2 Å². The SMILES string of the molecule is CCCC1CC1Nc1cc(N)cc([N+](=O)[O-])c1. The second kappa shape index (κ2) is 4.61. The normalized spacial score (nSPS) is 22.2. The second-order valence-corrected chi connectivity index (χ2v) is 4.61. The van der Waals surface area contributed by atoms with Crippen LogP contribution in [0.3, 0.4) is 0 Å². The monoisotopic (exact) mass is 235 g/mol. The minimum atomic E-state index is -0.419. The molecule has 0 amide bonds. The van der Waals surface area contributed by atoms with Gasteiger partial charge in [-0.15, -0.1) is 0 Å². The van der Waals surface area contributed by atoms with Crippen molar-refractivity contribution in [3.05, 3.63) is 28.3 Å². The highest BCUT2D eigenvalue weighted by molar-refractivity contribution is 5.62. The first-order valence-electron chi connectivity index (χ1n) is 5.91. The highest BCUT2D eigenvalue weighted by atomic mass is 16.6. The number of nitrogen functional groups attached to an aromatic ring is 1. The number of hydrogen-bond donors (Lipinski definition) is 2. The molecule has 3 N–H and O–H groups in total. The predicted octanol–water partition coefficient (Wildman–Crippen LogP) is 2.78. The van der Waals surface area contributed by atoms with Crippen molar-refractivity contribution in [3.8, 4) is 0 Å². The Morgan fingerprint density at radius 2 is 2.29 bits per heavy atom. The van der Waals surface area contributed by atoms with Gasteiger partial charge in [0.15, 0.2) is 0 Å². The van der Waals surface area contributed by atoms with Crippen LogP contribution in [0.25, 0.3) is 0 Å². The molecule has 17 heavy (non-hydrogen) atoms. The third-order valence-corrected chi connectivity index (χ3v) is 3.09. The van der Waals surface area contributed by atoms with Crippen molar-refractivity contribution in [2.75, 3.05) is 11.1 Å². The molecule has 2 atom stereocenters. The molecule has 92 valence electrons. The number of nitro groups is 1. The van der Waals surface area contributed by atoms with Crippen LogP contribution in [0.2, 0.25) is 0 Å². The maximum Gasteiger partial charge on any atom is 0.273 e. The third kappa shape index (κ3) is 2.87. The van der Waals surface area contributed by atoms with Crippen molar-refractivity contribution in [3.63, 3.8) is 0 Å². The van der Waals surface area contributed by atoms with Gasteiger partial charge in [0.25, 0.3) is 5.69 Å². The van der Waals surface area contributed by atoms with Crippen LogP contribution < -0.4 is 11.1 Å². The lowest BCUT2D eigenvalue weighted by molar-refractivity contribution is -0.384. The van der Waals surface area contributed by atoms with E-state index in [1.54, 1.807) is 6.07 Å². The molecule has 0 aromatic heterocycles.